The highest BCUT2D eigenvalue weighted by molar-refractivity contribution is 5.45. The molecule has 0 radical (unpaired) electrons. The molecular formula is C19H20F4O3. The molecule has 0 amide bonds. The average molecular weight is 372 g/mol. The van der Waals surface area contributed by atoms with E-state index in [9.17, 15) is 22.7 Å². The molecule has 7 heteroatoms. The molecule has 1 unspecified atom stereocenters. The zero-order valence-electron chi connectivity index (χ0n) is 14.7. The molecule has 0 aliphatic rings. The predicted molar refractivity (Wildman–Crippen MR) is 88.0 cm³/mol. The van der Waals surface area contributed by atoms with Gasteiger partial charge >= 0.3 is 0 Å². The molecule has 1 atom stereocenters. The van der Waals surface area contributed by atoms with Crippen LogP contribution in [0.2, 0.25) is 0 Å². The topological polar surface area (TPSA) is 38.7 Å². The van der Waals surface area contributed by atoms with E-state index in [-0.39, 0.29) is 16.7 Å². The first-order chi connectivity index (χ1) is 12.3. The van der Waals surface area contributed by atoms with Gasteiger partial charge in [0.2, 0.25) is 5.82 Å². The molecular weight excluding hydrogens is 352 g/mol. The largest absolute Gasteiger partial charge is 0.464 e. The maximum Gasteiger partial charge on any atom is 0.201 e. The van der Waals surface area contributed by atoms with Gasteiger partial charge in [-0.3, -0.25) is 0 Å². The number of hydrogen-bond acceptors (Lipinski definition) is 3. The molecule has 0 saturated carbocycles. The van der Waals surface area contributed by atoms with Gasteiger partial charge < -0.3 is 14.6 Å². The minimum atomic E-state index is -1.75. The third kappa shape index (κ3) is 3.83. The van der Waals surface area contributed by atoms with E-state index in [1.54, 1.807) is 0 Å². The van der Waals surface area contributed by atoms with Crippen LogP contribution in [0, 0.1) is 30.2 Å². The minimum Gasteiger partial charge on any atom is -0.464 e. The number of aliphatic hydroxyl groups excluding tert-OH is 1. The smallest absolute Gasteiger partial charge is 0.201 e. The maximum absolute atomic E-state index is 14.4. The van der Waals surface area contributed by atoms with Crippen molar-refractivity contribution in [3.05, 3.63) is 63.7 Å². The molecule has 142 valence electrons. The third-order valence-electron chi connectivity index (χ3n) is 3.99. The molecule has 0 saturated heterocycles. The van der Waals surface area contributed by atoms with Gasteiger partial charge in [0, 0.05) is 18.2 Å². The van der Waals surface area contributed by atoms with E-state index in [0.717, 1.165) is 6.07 Å². The van der Waals surface area contributed by atoms with Gasteiger partial charge in [-0.25, -0.2) is 13.2 Å². The summed E-state index contributed by atoms with van der Waals surface area (Å²) in [6.07, 6.45) is -0.790. The molecule has 1 N–H and O–H groups in total. The average Bonchev–Trinajstić information content (AvgIpc) is 2.62. The standard InChI is InChI=1S/C19H20F4O3/c1-4-5-11-6-7-12(16(22)15(11)21)18(24)13-8-10(2)14(20)17(23)19(13)26-9-25-3/h6-8,18,24H,4-5,9H2,1-3H3. The molecule has 0 aliphatic carbocycles. The Bertz CT molecular complexity index is 793. The van der Waals surface area contributed by atoms with Crippen LogP contribution in [0.25, 0.3) is 0 Å². The van der Waals surface area contributed by atoms with Crippen LogP contribution < -0.4 is 4.74 Å². The lowest BCUT2D eigenvalue weighted by molar-refractivity contribution is 0.0451. The Morgan fingerprint density at radius 2 is 1.69 bits per heavy atom. The van der Waals surface area contributed by atoms with Crippen LogP contribution in [0.15, 0.2) is 18.2 Å². The van der Waals surface area contributed by atoms with Gasteiger partial charge in [0.1, 0.15) is 6.10 Å². The number of aliphatic hydroxyl groups is 1. The summed E-state index contributed by atoms with van der Waals surface area (Å²) in [5, 5.41) is 10.5. The van der Waals surface area contributed by atoms with Crippen molar-refractivity contribution in [1.82, 2.24) is 0 Å². The number of aryl methyl sites for hydroxylation is 2. The summed E-state index contributed by atoms with van der Waals surface area (Å²) in [6, 6.07) is 3.72. The number of methoxy groups -OCH3 is 1. The van der Waals surface area contributed by atoms with Crippen LogP contribution in [-0.4, -0.2) is 19.0 Å². The van der Waals surface area contributed by atoms with Gasteiger partial charge in [-0.05, 0) is 30.5 Å². The molecule has 0 bridgehead atoms. The summed E-state index contributed by atoms with van der Waals surface area (Å²) >= 11 is 0. The first kappa shape index (κ1) is 20.2. The fraction of sp³-hybridized carbons (Fsp3) is 0.368. The summed E-state index contributed by atoms with van der Waals surface area (Å²) in [5.74, 6) is -5.40. The molecule has 0 aromatic heterocycles. The highest BCUT2D eigenvalue weighted by Gasteiger charge is 2.27. The summed E-state index contributed by atoms with van der Waals surface area (Å²) in [6.45, 7) is 2.70. The predicted octanol–water partition coefficient (Wildman–Crippen LogP) is 4.57. The maximum atomic E-state index is 14.4. The Kier molecular flexibility index (Phi) is 6.61. The normalized spacial score (nSPS) is 12.3. The zero-order chi connectivity index (χ0) is 19.4. The van der Waals surface area contributed by atoms with Crippen LogP contribution in [0.1, 0.15) is 41.7 Å². The number of benzene rings is 2. The molecule has 0 aliphatic heterocycles. The van der Waals surface area contributed by atoms with Crippen molar-refractivity contribution in [2.45, 2.75) is 32.8 Å². The summed E-state index contributed by atoms with van der Waals surface area (Å²) in [5.41, 5.74) is -0.543. The highest BCUT2D eigenvalue weighted by Crippen LogP contribution is 2.36. The zero-order valence-corrected chi connectivity index (χ0v) is 14.7. The van der Waals surface area contributed by atoms with Crippen LogP contribution >= 0.6 is 0 Å². The lowest BCUT2D eigenvalue weighted by Crippen LogP contribution is -2.12. The van der Waals surface area contributed by atoms with E-state index < -0.39 is 47.5 Å². The second-order valence-corrected chi connectivity index (χ2v) is 5.89. The monoisotopic (exact) mass is 372 g/mol. The number of halogens is 4. The SMILES string of the molecule is CCCc1ccc(C(O)c2cc(C)c(F)c(F)c2OCOC)c(F)c1F. The van der Waals surface area contributed by atoms with Gasteiger partial charge in [0.25, 0.3) is 0 Å². The van der Waals surface area contributed by atoms with Crippen LogP contribution in [-0.2, 0) is 11.2 Å². The molecule has 0 spiro atoms. The van der Waals surface area contributed by atoms with E-state index in [4.69, 9.17) is 4.74 Å². The van der Waals surface area contributed by atoms with Crippen molar-refractivity contribution >= 4 is 0 Å². The van der Waals surface area contributed by atoms with Gasteiger partial charge in [-0.2, -0.15) is 4.39 Å². The van der Waals surface area contributed by atoms with E-state index in [1.807, 2.05) is 6.92 Å². The Hall–Kier alpha value is -2.12. The van der Waals surface area contributed by atoms with E-state index in [2.05, 4.69) is 4.74 Å². The highest BCUT2D eigenvalue weighted by atomic mass is 19.2. The molecule has 2 aromatic carbocycles. The van der Waals surface area contributed by atoms with Gasteiger partial charge in [0.15, 0.2) is 30.0 Å². The molecule has 0 heterocycles. The van der Waals surface area contributed by atoms with Crippen molar-refractivity contribution in [2.24, 2.45) is 0 Å². The quantitative estimate of drug-likeness (QED) is 0.572. The van der Waals surface area contributed by atoms with Crippen molar-refractivity contribution in [2.75, 3.05) is 13.9 Å². The van der Waals surface area contributed by atoms with E-state index in [1.165, 1.54) is 26.2 Å². The van der Waals surface area contributed by atoms with Crippen molar-refractivity contribution in [1.29, 1.82) is 0 Å². The lowest BCUT2D eigenvalue weighted by atomic mass is 9.96. The lowest BCUT2D eigenvalue weighted by Gasteiger charge is -2.19. The van der Waals surface area contributed by atoms with Crippen molar-refractivity contribution in [3.63, 3.8) is 0 Å². The summed E-state index contributed by atoms with van der Waals surface area (Å²) in [7, 11) is 1.28. The molecule has 2 aromatic rings. The van der Waals surface area contributed by atoms with E-state index >= 15 is 0 Å². The molecule has 2 rings (SSSR count). The van der Waals surface area contributed by atoms with Gasteiger partial charge in [-0.15, -0.1) is 0 Å². The first-order valence-corrected chi connectivity index (χ1v) is 8.08. The van der Waals surface area contributed by atoms with Crippen LogP contribution in [0.5, 0.6) is 5.75 Å². The molecule has 3 nitrogen and oxygen atoms in total. The first-order valence-electron chi connectivity index (χ1n) is 8.08. The van der Waals surface area contributed by atoms with Gasteiger partial charge in [-0.1, -0.05) is 25.5 Å². The number of hydrogen-bond donors (Lipinski definition) is 1. The fourth-order valence-electron chi connectivity index (χ4n) is 2.67. The van der Waals surface area contributed by atoms with Gasteiger partial charge in [0.05, 0.1) is 0 Å². The van der Waals surface area contributed by atoms with Crippen molar-refractivity contribution < 1.29 is 32.1 Å². The fourth-order valence-corrected chi connectivity index (χ4v) is 2.67. The summed E-state index contributed by atoms with van der Waals surface area (Å²) in [4.78, 5) is 0. The Labute approximate surface area is 149 Å². The Morgan fingerprint density at radius 1 is 1.00 bits per heavy atom. The van der Waals surface area contributed by atoms with Crippen molar-refractivity contribution in [3.8, 4) is 5.75 Å². The van der Waals surface area contributed by atoms with Crippen LogP contribution in [0.3, 0.4) is 0 Å². The minimum absolute atomic E-state index is 0.107. The second kappa shape index (κ2) is 8.51. The second-order valence-electron chi connectivity index (χ2n) is 5.89. The molecule has 26 heavy (non-hydrogen) atoms. The Morgan fingerprint density at radius 3 is 2.31 bits per heavy atom. The number of rotatable bonds is 7. The third-order valence-corrected chi connectivity index (χ3v) is 3.99. The summed E-state index contributed by atoms with van der Waals surface area (Å²) < 4.78 is 66.3. The van der Waals surface area contributed by atoms with E-state index in [0.29, 0.717) is 12.8 Å². The number of ether oxygens (including phenoxy) is 2. The Balaban J connectivity index is 2.56. The van der Waals surface area contributed by atoms with Crippen LogP contribution in [0.4, 0.5) is 17.6 Å². The molecule has 0 fully saturated rings.